The number of aromatic hydroxyl groups is 1. The Hall–Kier alpha value is -2.04. The highest BCUT2D eigenvalue weighted by atomic mass is 16.6. The molecule has 5 heteroatoms. The summed E-state index contributed by atoms with van der Waals surface area (Å²) >= 11 is 0. The minimum absolute atomic E-state index is 0.146. The lowest BCUT2D eigenvalue weighted by atomic mass is 10.1. The quantitative estimate of drug-likeness (QED) is 0.626. The normalized spacial score (nSPS) is 11.6. The van der Waals surface area contributed by atoms with Crippen molar-refractivity contribution in [3.8, 4) is 5.75 Å². The number of phenols is 1. The summed E-state index contributed by atoms with van der Waals surface area (Å²) in [5.74, 6) is 0.146. The van der Waals surface area contributed by atoms with E-state index in [2.05, 4.69) is 10.5 Å². The molecule has 18 heavy (non-hydrogen) atoms. The molecule has 0 atom stereocenters. The van der Waals surface area contributed by atoms with Crippen LogP contribution in [0.5, 0.6) is 5.75 Å². The molecule has 1 aromatic rings. The van der Waals surface area contributed by atoms with Gasteiger partial charge >= 0.3 is 6.09 Å². The van der Waals surface area contributed by atoms with Gasteiger partial charge in [-0.25, -0.2) is 10.2 Å². The maximum Gasteiger partial charge on any atom is 0.428 e. The molecular weight excluding hydrogens is 232 g/mol. The molecule has 1 rings (SSSR count). The molecule has 0 fully saturated rings. The lowest BCUT2D eigenvalue weighted by molar-refractivity contribution is 0.0529. The summed E-state index contributed by atoms with van der Waals surface area (Å²) in [7, 11) is 0. The van der Waals surface area contributed by atoms with Crippen LogP contribution in [-0.2, 0) is 4.74 Å². The zero-order valence-electron chi connectivity index (χ0n) is 11.0. The van der Waals surface area contributed by atoms with Crippen molar-refractivity contribution >= 4 is 12.3 Å². The summed E-state index contributed by atoms with van der Waals surface area (Å²) in [5.41, 5.74) is 2.95. The first-order valence-electron chi connectivity index (χ1n) is 5.60. The predicted molar refractivity (Wildman–Crippen MR) is 69.8 cm³/mol. The van der Waals surface area contributed by atoms with E-state index in [1.807, 2.05) is 0 Å². The third-order valence-electron chi connectivity index (χ3n) is 2.03. The van der Waals surface area contributed by atoms with Crippen molar-refractivity contribution in [2.45, 2.75) is 33.3 Å². The van der Waals surface area contributed by atoms with E-state index in [-0.39, 0.29) is 5.75 Å². The van der Waals surface area contributed by atoms with Gasteiger partial charge in [-0.2, -0.15) is 5.10 Å². The van der Waals surface area contributed by atoms with Crippen molar-refractivity contribution in [1.82, 2.24) is 5.43 Å². The van der Waals surface area contributed by atoms with Crippen molar-refractivity contribution < 1.29 is 14.6 Å². The Bertz CT molecular complexity index is 462. The molecule has 0 aliphatic heterocycles. The molecule has 0 saturated carbocycles. The van der Waals surface area contributed by atoms with Gasteiger partial charge in [0.25, 0.3) is 0 Å². The van der Waals surface area contributed by atoms with Crippen LogP contribution < -0.4 is 5.43 Å². The maximum absolute atomic E-state index is 11.3. The highest BCUT2D eigenvalue weighted by Gasteiger charge is 2.15. The van der Waals surface area contributed by atoms with Crippen LogP contribution in [0.4, 0.5) is 4.79 Å². The number of ether oxygens (including phenoxy) is 1. The molecule has 1 aromatic carbocycles. The molecule has 0 bridgehead atoms. The summed E-state index contributed by atoms with van der Waals surface area (Å²) in [5, 5.41) is 13.4. The summed E-state index contributed by atoms with van der Waals surface area (Å²) in [4.78, 5) is 11.3. The Balaban J connectivity index is 2.61. The molecule has 0 heterocycles. The molecular formula is C13H18N2O3. The van der Waals surface area contributed by atoms with Crippen LogP contribution in [-0.4, -0.2) is 23.0 Å². The second-order valence-corrected chi connectivity index (χ2v) is 4.88. The second kappa shape index (κ2) is 5.53. The summed E-state index contributed by atoms with van der Waals surface area (Å²) in [6, 6.07) is 5.28. The van der Waals surface area contributed by atoms with Gasteiger partial charge in [0.15, 0.2) is 0 Å². The molecule has 1 amide bonds. The van der Waals surface area contributed by atoms with Crippen LogP contribution in [0.2, 0.25) is 0 Å². The van der Waals surface area contributed by atoms with Crippen molar-refractivity contribution in [3.63, 3.8) is 0 Å². The standard InChI is InChI=1S/C13H18N2O3/c1-9-6-5-7-10(11(9)16)8-14-15-12(17)18-13(2,3)4/h5-8,16H,1-4H3,(H,15,17)/b14-8+. The number of rotatable bonds is 2. The Kier molecular flexibility index (Phi) is 4.31. The number of carbonyl (C=O) groups excluding carboxylic acids is 1. The minimum Gasteiger partial charge on any atom is -0.507 e. The molecule has 0 spiro atoms. The summed E-state index contributed by atoms with van der Waals surface area (Å²) < 4.78 is 5.00. The van der Waals surface area contributed by atoms with Crippen molar-refractivity contribution in [2.75, 3.05) is 0 Å². The molecule has 0 aliphatic rings. The van der Waals surface area contributed by atoms with E-state index in [9.17, 15) is 9.90 Å². The Morgan fingerprint density at radius 2 is 2.11 bits per heavy atom. The zero-order chi connectivity index (χ0) is 13.8. The number of hydrogen-bond acceptors (Lipinski definition) is 4. The van der Waals surface area contributed by atoms with Crippen LogP contribution in [0.15, 0.2) is 23.3 Å². The molecule has 0 radical (unpaired) electrons. The fraction of sp³-hybridized carbons (Fsp3) is 0.385. The first-order chi connectivity index (χ1) is 8.29. The predicted octanol–water partition coefficient (Wildman–Crippen LogP) is 2.56. The van der Waals surface area contributed by atoms with Gasteiger partial charge in [-0.3, -0.25) is 0 Å². The average Bonchev–Trinajstić information content (AvgIpc) is 2.21. The second-order valence-electron chi connectivity index (χ2n) is 4.88. The maximum atomic E-state index is 11.3. The highest BCUT2D eigenvalue weighted by Crippen LogP contribution is 2.19. The molecule has 0 aromatic heterocycles. The number of aryl methyl sites for hydroxylation is 1. The fourth-order valence-corrected chi connectivity index (χ4v) is 1.24. The Morgan fingerprint density at radius 1 is 1.44 bits per heavy atom. The van der Waals surface area contributed by atoms with Crippen molar-refractivity contribution in [1.29, 1.82) is 0 Å². The smallest absolute Gasteiger partial charge is 0.428 e. The average molecular weight is 250 g/mol. The Morgan fingerprint density at radius 3 is 2.72 bits per heavy atom. The molecule has 5 nitrogen and oxygen atoms in total. The number of nitrogens with zero attached hydrogens (tertiary/aromatic N) is 1. The van der Waals surface area contributed by atoms with E-state index in [0.29, 0.717) is 5.56 Å². The van der Waals surface area contributed by atoms with E-state index in [1.54, 1.807) is 45.9 Å². The van der Waals surface area contributed by atoms with Crippen LogP contribution in [0.3, 0.4) is 0 Å². The third kappa shape index (κ3) is 4.45. The number of hydrogen-bond donors (Lipinski definition) is 2. The number of benzene rings is 1. The van der Waals surface area contributed by atoms with E-state index < -0.39 is 11.7 Å². The lowest BCUT2D eigenvalue weighted by Gasteiger charge is -2.18. The topological polar surface area (TPSA) is 70.9 Å². The first kappa shape index (κ1) is 14.0. The molecule has 0 saturated heterocycles. The van der Waals surface area contributed by atoms with E-state index >= 15 is 0 Å². The summed E-state index contributed by atoms with van der Waals surface area (Å²) in [6.45, 7) is 7.09. The monoisotopic (exact) mass is 250 g/mol. The third-order valence-corrected chi connectivity index (χ3v) is 2.03. The number of carbonyl (C=O) groups is 1. The summed E-state index contributed by atoms with van der Waals surface area (Å²) in [6.07, 6.45) is 0.734. The van der Waals surface area contributed by atoms with E-state index in [0.717, 1.165) is 5.56 Å². The van der Waals surface area contributed by atoms with Gasteiger partial charge in [0, 0.05) is 5.56 Å². The van der Waals surface area contributed by atoms with Gasteiger partial charge in [0.1, 0.15) is 11.4 Å². The first-order valence-corrected chi connectivity index (χ1v) is 5.60. The van der Waals surface area contributed by atoms with E-state index in [1.165, 1.54) is 6.21 Å². The molecule has 0 unspecified atom stereocenters. The van der Waals surface area contributed by atoms with E-state index in [4.69, 9.17) is 4.74 Å². The number of amides is 1. The van der Waals surface area contributed by atoms with Gasteiger partial charge in [-0.15, -0.1) is 0 Å². The highest BCUT2D eigenvalue weighted by molar-refractivity contribution is 5.84. The largest absolute Gasteiger partial charge is 0.507 e. The van der Waals surface area contributed by atoms with Crippen LogP contribution in [0.25, 0.3) is 0 Å². The van der Waals surface area contributed by atoms with Gasteiger partial charge in [-0.1, -0.05) is 12.1 Å². The lowest BCUT2D eigenvalue weighted by Crippen LogP contribution is -2.29. The van der Waals surface area contributed by atoms with Gasteiger partial charge in [0.2, 0.25) is 0 Å². The van der Waals surface area contributed by atoms with Gasteiger partial charge < -0.3 is 9.84 Å². The zero-order valence-corrected chi connectivity index (χ0v) is 11.0. The number of hydrazone groups is 1. The van der Waals surface area contributed by atoms with Crippen LogP contribution >= 0.6 is 0 Å². The number of para-hydroxylation sites is 1. The van der Waals surface area contributed by atoms with Crippen molar-refractivity contribution in [2.24, 2.45) is 5.10 Å². The minimum atomic E-state index is -0.633. The molecule has 0 aliphatic carbocycles. The van der Waals surface area contributed by atoms with Crippen LogP contribution in [0.1, 0.15) is 31.9 Å². The van der Waals surface area contributed by atoms with Gasteiger partial charge in [0.05, 0.1) is 6.21 Å². The van der Waals surface area contributed by atoms with Gasteiger partial charge in [-0.05, 0) is 39.3 Å². The SMILES string of the molecule is Cc1cccc(/C=N/NC(=O)OC(C)(C)C)c1O. The van der Waals surface area contributed by atoms with Crippen LogP contribution in [0, 0.1) is 6.92 Å². The van der Waals surface area contributed by atoms with Crippen molar-refractivity contribution in [3.05, 3.63) is 29.3 Å². The number of nitrogens with one attached hydrogen (secondary N) is 1. The molecule has 98 valence electrons. The Labute approximate surface area is 106 Å². The fourth-order valence-electron chi connectivity index (χ4n) is 1.24. The molecule has 2 N–H and O–H groups in total. The number of phenolic OH excluding ortho intramolecular Hbond substituents is 1.